The Morgan fingerprint density at radius 3 is 2.48 bits per heavy atom. The van der Waals surface area contributed by atoms with Crippen molar-refractivity contribution in [2.45, 2.75) is 19.3 Å². The number of hydrogen-bond donors (Lipinski definition) is 1. The largest absolute Gasteiger partial charge is 0.484 e. The van der Waals surface area contributed by atoms with Crippen LogP contribution in [0.3, 0.4) is 0 Å². The summed E-state index contributed by atoms with van der Waals surface area (Å²) < 4.78 is 18.3. The first-order chi connectivity index (χ1) is 12.2. The Bertz CT molecular complexity index is 560. The maximum Gasteiger partial charge on any atom is 0.260 e. The number of aliphatic hydroxyl groups excluding tert-OH is 1. The minimum Gasteiger partial charge on any atom is -0.484 e. The van der Waals surface area contributed by atoms with E-state index >= 15 is 0 Å². The van der Waals surface area contributed by atoms with Gasteiger partial charge in [-0.15, -0.1) is 0 Å². The van der Waals surface area contributed by atoms with Gasteiger partial charge in [-0.25, -0.2) is 4.39 Å². The molecule has 1 N–H and O–H groups in total. The maximum absolute atomic E-state index is 12.9. The first-order valence-electron chi connectivity index (χ1n) is 9.15. The number of nitrogens with zero attached hydrogens (tertiary/aromatic N) is 2. The number of carbonyl (C=O) groups is 1. The number of aliphatic hydroxyl groups is 1. The lowest BCUT2D eigenvalue weighted by Gasteiger charge is -2.30. The molecule has 2 aliphatic heterocycles. The van der Waals surface area contributed by atoms with Gasteiger partial charge in [-0.3, -0.25) is 4.79 Å². The van der Waals surface area contributed by atoms with E-state index in [2.05, 4.69) is 4.90 Å². The smallest absolute Gasteiger partial charge is 0.260 e. The zero-order valence-corrected chi connectivity index (χ0v) is 14.6. The van der Waals surface area contributed by atoms with E-state index in [1.54, 1.807) is 4.90 Å². The number of hydrogen-bond acceptors (Lipinski definition) is 4. The van der Waals surface area contributed by atoms with E-state index in [9.17, 15) is 14.3 Å². The highest BCUT2D eigenvalue weighted by atomic mass is 19.1. The summed E-state index contributed by atoms with van der Waals surface area (Å²) >= 11 is 0. The van der Waals surface area contributed by atoms with Gasteiger partial charge in [0.2, 0.25) is 0 Å². The van der Waals surface area contributed by atoms with Crippen LogP contribution in [0.5, 0.6) is 5.75 Å². The van der Waals surface area contributed by atoms with Gasteiger partial charge in [0.15, 0.2) is 6.61 Å². The molecule has 0 saturated carbocycles. The van der Waals surface area contributed by atoms with Gasteiger partial charge in [-0.1, -0.05) is 6.42 Å². The Hall–Kier alpha value is -1.66. The fourth-order valence-electron chi connectivity index (χ4n) is 3.80. The highest BCUT2D eigenvalue weighted by Crippen LogP contribution is 2.25. The van der Waals surface area contributed by atoms with Gasteiger partial charge in [0.05, 0.1) is 0 Å². The molecule has 2 heterocycles. The summed E-state index contributed by atoms with van der Waals surface area (Å²) in [7, 11) is 0. The third-order valence-corrected chi connectivity index (χ3v) is 5.28. The minimum absolute atomic E-state index is 0.0553. The van der Waals surface area contributed by atoms with E-state index in [1.165, 1.54) is 43.5 Å². The summed E-state index contributed by atoms with van der Waals surface area (Å²) in [5.74, 6) is 0.528. The van der Waals surface area contributed by atoms with E-state index in [1.807, 2.05) is 0 Å². The van der Waals surface area contributed by atoms with Crippen LogP contribution < -0.4 is 4.74 Å². The molecular formula is C19H27FN2O3. The Balaban J connectivity index is 1.49. The normalized spacial score (nSPS) is 24.5. The second-order valence-electron chi connectivity index (χ2n) is 7.11. The van der Waals surface area contributed by atoms with Crippen LogP contribution >= 0.6 is 0 Å². The molecule has 6 heteroatoms. The molecule has 0 radical (unpaired) electrons. The molecule has 138 valence electrons. The van der Waals surface area contributed by atoms with E-state index < -0.39 is 0 Å². The summed E-state index contributed by atoms with van der Waals surface area (Å²) in [6.45, 7) is 4.51. The third kappa shape index (κ3) is 4.92. The van der Waals surface area contributed by atoms with Crippen molar-refractivity contribution in [3.8, 4) is 5.75 Å². The summed E-state index contributed by atoms with van der Waals surface area (Å²) in [4.78, 5) is 16.7. The zero-order chi connectivity index (χ0) is 17.6. The van der Waals surface area contributed by atoms with Crippen molar-refractivity contribution in [2.24, 2.45) is 11.8 Å². The second kappa shape index (κ2) is 8.63. The Labute approximate surface area is 148 Å². The molecule has 2 fully saturated rings. The van der Waals surface area contributed by atoms with E-state index in [-0.39, 0.29) is 30.9 Å². The molecule has 2 atom stereocenters. The van der Waals surface area contributed by atoms with Crippen LogP contribution in [0.4, 0.5) is 4.39 Å². The number of piperidine rings is 1. The number of ether oxygens (including phenoxy) is 1. The Morgan fingerprint density at radius 2 is 1.80 bits per heavy atom. The summed E-state index contributed by atoms with van der Waals surface area (Å²) in [6, 6.07) is 5.66. The van der Waals surface area contributed by atoms with Crippen molar-refractivity contribution in [1.82, 2.24) is 9.80 Å². The molecule has 5 nitrogen and oxygen atoms in total. The highest BCUT2D eigenvalue weighted by molar-refractivity contribution is 5.78. The van der Waals surface area contributed by atoms with Gasteiger partial charge in [0.1, 0.15) is 11.6 Å². The quantitative estimate of drug-likeness (QED) is 0.849. The minimum atomic E-state index is -0.329. The lowest BCUT2D eigenvalue weighted by molar-refractivity contribution is -0.132. The lowest BCUT2D eigenvalue weighted by Crippen LogP contribution is -2.38. The van der Waals surface area contributed by atoms with Gasteiger partial charge < -0.3 is 19.6 Å². The Kier molecular flexibility index (Phi) is 6.26. The van der Waals surface area contributed by atoms with Crippen LogP contribution in [-0.2, 0) is 4.79 Å². The van der Waals surface area contributed by atoms with Crippen LogP contribution in [0.2, 0.25) is 0 Å². The summed E-state index contributed by atoms with van der Waals surface area (Å²) in [5, 5.41) is 9.68. The third-order valence-electron chi connectivity index (χ3n) is 5.28. The fraction of sp³-hybridized carbons (Fsp3) is 0.632. The predicted molar refractivity (Wildman–Crippen MR) is 92.8 cm³/mol. The molecule has 1 aromatic carbocycles. The number of amides is 1. The van der Waals surface area contributed by atoms with Crippen LogP contribution in [0, 0.1) is 17.7 Å². The number of rotatable bonds is 6. The Morgan fingerprint density at radius 1 is 1.12 bits per heavy atom. The lowest BCUT2D eigenvalue weighted by atomic mass is 9.95. The van der Waals surface area contributed by atoms with Crippen molar-refractivity contribution in [3.05, 3.63) is 30.1 Å². The number of carbonyl (C=O) groups excluding carboxylic acids is 1. The monoisotopic (exact) mass is 350 g/mol. The molecule has 2 aliphatic rings. The molecule has 0 aliphatic carbocycles. The number of benzene rings is 1. The predicted octanol–water partition coefficient (Wildman–Crippen LogP) is 1.76. The van der Waals surface area contributed by atoms with Crippen molar-refractivity contribution < 1.29 is 19.0 Å². The highest BCUT2D eigenvalue weighted by Gasteiger charge is 2.35. The second-order valence-corrected chi connectivity index (χ2v) is 7.11. The van der Waals surface area contributed by atoms with Crippen molar-refractivity contribution in [1.29, 1.82) is 0 Å². The first kappa shape index (κ1) is 18.1. The molecule has 0 bridgehead atoms. The van der Waals surface area contributed by atoms with Gasteiger partial charge >= 0.3 is 0 Å². The molecule has 3 rings (SSSR count). The van der Waals surface area contributed by atoms with Crippen LogP contribution in [0.25, 0.3) is 0 Å². The molecular weight excluding hydrogens is 323 g/mol. The average Bonchev–Trinajstić information content (AvgIpc) is 3.05. The molecule has 0 spiro atoms. The van der Waals surface area contributed by atoms with E-state index in [0.29, 0.717) is 24.8 Å². The van der Waals surface area contributed by atoms with Gasteiger partial charge in [-0.05, 0) is 56.1 Å². The number of likely N-dealkylation sites (tertiary alicyclic amines) is 2. The summed E-state index contributed by atoms with van der Waals surface area (Å²) in [5.41, 5.74) is 0. The standard InChI is InChI=1S/C19H27FN2O3/c20-17-4-6-18(7-5-17)25-14-19(24)22-11-15(16(12-22)13-23)10-21-8-2-1-3-9-21/h4-7,15-16,23H,1-3,8-14H2/t15-,16-/m0/s1. The van der Waals surface area contributed by atoms with Gasteiger partial charge in [0.25, 0.3) is 5.91 Å². The molecule has 1 amide bonds. The molecule has 0 aromatic heterocycles. The first-order valence-corrected chi connectivity index (χ1v) is 9.15. The van der Waals surface area contributed by atoms with Crippen molar-refractivity contribution in [2.75, 3.05) is 45.9 Å². The zero-order valence-electron chi connectivity index (χ0n) is 14.6. The average molecular weight is 350 g/mol. The maximum atomic E-state index is 12.9. The van der Waals surface area contributed by atoms with Crippen LogP contribution in [0.1, 0.15) is 19.3 Å². The molecule has 0 unspecified atom stereocenters. The SMILES string of the molecule is O=C(COc1ccc(F)cc1)N1C[C@@H](CO)[C@@H](CN2CCCCC2)C1. The van der Waals surface area contributed by atoms with E-state index in [4.69, 9.17) is 4.74 Å². The van der Waals surface area contributed by atoms with Crippen molar-refractivity contribution in [3.63, 3.8) is 0 Å². The molecule has 2 saturated heterocycles. The van der Waals surface area contributed by atoms with Crippen LogP contribution in [-0.4, -0.2) is 66.8 Å². The van der Waals surface area contributed by atoms with Crippen molar-refractivity contribution >= 4 is 5.91 Å². The topological polar surface area (TPSA) is 53.0 Å². The fourth-order valence-corrected chi connectivity index (χ4v) is 3.80. The number of halogens is 1. The van der Waals surface area contributed by atoms with E-state index in [0.717, 1.165) is 19.6 Å². The van der Waals surface area contributed by atoms with Gasteiger partial charge in [0, 0.05) is 32.2 Å². The summed E-state index contributed by atoms with van der Waals surface area (Å²) in [6.07, 6.45) is 3.78. The molecule has 25 heavy (non-hydrogen) atoms. The van der Waals surface area contributed by atoms with Crippen LogP contribution in [0.15, 0.2) is 24.3 Å². The molecule has 1 aromatic rings. The van der Waals surface area contributed by atoms with Gasteiger partial charge in [-0.2, -0.15) is 0 Å².